The number of hydrogen-bond donors (Lipinski definition) is 1. The fourth-order valence-electron chi connectivity index (χ4n) is 0.874. The number of carbonyl (C=O) groups is 1. The van der Waals surface area contributed by atoms with Gasteiger partial charge < -0.3 is 10.1 Å². The summed E-state index contributed by atoms with van der Waals surface area (Å²) in [5.74, 6) is -0.900. The van der Waals surface area contributed by atoms with Gasteiger partial charge in [0.25, 0.3) is 0 Å². The summed E-state index contributed by atoms with van der Waals surface area (Å²) in [5, 5.41) is 2.97. The summed E-state index contributed by atoms with van der Waals surface area (Å²) in [6.07, 6.45) is 2.56. The summed E-state index contributed by atoms with van der Waals surface area (Å²) >= 11 is 5.73. The number of benzene rings is 1. The topological polar surface area (TPSA) is 38.3 Å². The largest absolute Gasteiger partial charge is 0.466 e. The molecule has 3 nitrogen and oxygen atoms in total. The summed E-state index contributed by atoms with van der Waals surface area (Å²) in [7, 11) is 1.28. The van der Waals surface area contributed by atoms with Crippen molar-refractivity contribution in [1.29, 1.82) is 0 Å². The summed E-state index contributed by atoms with van der Waals surface area (Å²) in [5.41, 5.74) is 0.512. The molecule has 1 aromatic rings. The quantitative estimate of drug-likeness (QED) is 0.640. The van der Waals surface area contributed by atoms with Gasteiger partial charge in [0.15, 0.2) is 0 Å². The molecule has 0 aliphatic heterocycles. The van der Waals surface area contributed by atoms with Crippen molar-refractivity contribution in [3.63, 3.8) is 0 Å². The lowest BCUT2D eigenvalue weighted by atomic mass is 10.3. The molecular formula is C10H9ClFNO2. The van der Waals surface area contributed by atoms with Gasteiger partial charge in [-0.25, -0.2) is 9.18 Å². The third-order valence-corrected chi connectivity index (χ3v) is 1.90. The molecule has 0 bridgehead atoms. The molecule has 0 saturated carbocycles. The zero-order valence-corrected chi connectivity index (χ0v) is 8.72. The normalized spacial score (nSPS) is 10.3. The Labute approximate surface area is 91.5 Å². The smallest absolute Gasteiger partial charge is 0.331 e. The van der Waals surface area contributed by atoms with Gasteiger partial charge in [0.1, 0.15) is 5.82 Å². The van der Waals surface area contributed by atoms with Crippen LogP contribution in [0.25, 0.3) is 0 Å². The van der Waals surface area contributed by atoms with Crippen molar-refractivity contribution in [3.8, 4) is 0 Å². The second kappa shape index (κ2) is 5.36. The highest BCUT2D eigenvalue weighted by Crippen LogP contribution is 2.22. The number of hydrogen-bond acceptors (Lipinski definition) is 3. The van der Waals surface area contributed by atoms with E-state index in [1.807, 2.05) is 0 Å². The van der Waals surface area contributed by atoms with Crippen LogP contribution in [0, 0.1) is 5.82 Å². The zero-order chi connectivity index (χ0) is 11.3. The Balaban J connectivity index is 2.65. The molecule has 15 heavy (non-hydrogen) atoms. The first-order valence-corrected chi connectivity index (χ1v) is 4.47. The molecular weight excluding hydrogens is 221 g/mol. The van der Waals surface area contributed by atoms with Gasteiger partial charge >= 0.3 is 5.97 Å². The van der Waals surface area contributed by atoms with Crippen molar-refractivity contribution in [1.82, 2.24) is 0 Å². The van der Waals surface area contributed by atoms with Crippen LogP contribution in [0.2, 0.25) is 5.02 Å². The van der Waals surface area contributed by atoms with Gasteiger partial charge in [-0.1, -0.05) is 11.6 Å². The Kier molecular flexibility index (Phi) is 4.12. The van der Waals surface area contributed by atoms with E-state index in [9.17, 15) is 9.18 Å². The highest BCUT2D eigenvalue weighted by Gasteiger charge is 1.99. The number of rotatable bonds is 3. The summed E-state index contributed by atoms with van der Waals surface area (Å²) in [6.45, 7) is 0. The average Bonchev–Trinajstić information content (AvgIpc) is 2.21. The Hall–Kier alpha value is -1.55. The zero-order valence-electron chi connectivity index (χ0n) is 7.96. The molecule has 0 spiro atoms. The minimum atomic E-state index is -0.485. The molecule has 1 N–H and O–H groups in total. The lowest BCUT2D eigenvalue weighted by Crippen LogP contribution is -1.96. The Morgan fingerprint density at radius 2 is 2.33 bits per heavy atom. The van der Waals surface area contributed by atoms with Crippen molar-refractivity contribution in [2.75, 3.05) is 12.4 Å². The predicted molar refractivity (Wildman–Crippen MR) is 56.2 cm³/mol. The van der Waals surface area contributed by atoms with Crippen LogP contribution in [0.4, 0.5) is 10.1 Å². The van der Waals surface area contributed by atoms with E-state index in [2.05, 4.69) is 10.1 Å². The molecule has 0 amide bonds. The number of esters is 1. The van der Waals surface area contributed by atoms with Crippen molar-refractivity contribution in [3.05, 3.63) is 41.3 Å². The molecule has 0 saturated heterocycles. The first kappa shape index (κ1) is 11.5. The lowest BCUT2D eigenvalue weighted by Gasteiger charge is -2.02. The van der Waals surface area contributed by atoms with Crippen LogP contribution in [-0.2, 0) is 9.53 Å². The van der Waals surface area contributed by atoms with Gasteiger partial charge in [0, 0.05) is 12.3 Å². The standard InChI is InChI=1S/C10H9ClFNO2/c1-15-10(14)4-5-13-9-3-2-7(12)6-8(9)11/h2-6,13H,1H3/b5-4+. The van der Waals surface area contributed by atoms with Crippen LogP contribution in [0.15, 0.2) is 30.5 Å². The van der Waals surface area contributed by atoms with Gasteiger partial charge in [0.05, 0.1) is 17.8 Å². The number of anilines is 1. The Morgan fingerprint density at radius 1 is 1.60 bits per heavy atom. The van der Waals surface area contributed by atoms with Gasteiger partial charge in [-0.3, -0.25) is 0 Å². The Morgan fingerprint density at radius 3 is 2.93 bits per heavy atom. The van der Waals surface area contributed by atoms with Crippen LogP contribution in [0.5, 0.6) is 0 Å². The van der Waals surface area contributed by atoms with Crippen LogP contribution < -0.4 is 5.32 Å². The molecule has 0 radical (unpaired) electrons. The molecule has 0 aliphatic rings. The van der Waals surface area contributed by atoms with Gasteiger partial charge in [-0.2, -0.15) is 0 Å². The van der Waals surface area contributed by atoms with E-state index >= 15 is 0 Å². The Bertz CT molecular complexity index is 393. The molecule has 5 heteroatoms. The third kappa shape index (κ3) is 3.59. The van der Waals surface area contributed by atoms with Crippen molar-refractivity contribution in [2.24, 2.45) is 0 Å². The van der Waals surface area contributed by atoms with Crippen LogP contribution >= 0.6 is 11.6 Å². The molecule has 0 fully saturated rings. The van der Waals surface area contributed by atoms with E-state index in [1.165, 1.54) is 37.6 Å². The maximum absolute atomic E-state index is 12.6. The van der Waals surface area contributed by atoms with Gasteiger partial charge in [-0.15, -0.1) is 0 Å². The highest BCUT2D eigenvalue weighted by atomic mass is 35.5. The van der Waals surface area contributed by atoms with Crippen LogP contribution in [-0.4, -0.2) is 13.1 Å². The molecule has 0 heterocycles. The monoisotopic (exact) mass is 229 g/mol. The van der Waals surface area contributed by atoms with Crippen molar-refractivity contribution >= 4 is 23.3 Å². The highest BCUT2D eigenvalue weighted by molar-refractivity contribution is 6.33. The van der Waals surface area contributed by atoms with E-state index < -0.39 is 11.8 Å². The molecule has 1 rings (SSSR count). The lowest BCUT2D eigenvalue weighted by molar-refractivity contribution is -0.134. The first-order chi connectivity index (χ1) is 7.13. The van der Waals surface area contributed by atoms with Crippen LogP contribution in [0.1, 0.15) is 0 Å². The predicted octanol–water partition coefficient (Wildman–Crippen LogP) is 2.58. The van der Waals surface area contributed by atoms with Crippen LogP contribution in [0.3, 0.4) is 0 Å². The van der Waals surface area contributed by atoms with Crippen molar-refractivity contribution < 1.29 is 13.9 Å². The van der Waals surface area contributed by atoms with E-state index in [4.69, 9.17) is 11.6 Å². The number of ether oxygens (including phenoxy) is 1. The maximum atomic E-state index is 12.6. The first-order valence-electron chi connectivity index (χ1n) is 4.09. The number of nitrogens with one attached hydrogen (secondary N) is 1. The summed E-state index contributed by atoms with van der Waals surface area (Å²) < 4.78 is 17.0. The second-order valence-corrected chi connectivity index (χ2v) is 3.03. The molecule has 0 aromatic heterocycles. The second-order valence-electron chi connectivity index (χ2n) is 2.62. The minimum Gasteiger partial charge on any atom is -0.466 e. The molecule has 0 atom stereocenters. The number of methoxy groups -OCH3 is 1. The molecule has 80 valence electrons. The maximum Gasteiger partial charge on any atom is 0.331 e. The summed E-state index contributed by atoms with van der Waals surface area (Å²) in [6, 6.07) is 3.91. The van der Waals surface area contributed by atoms with Gasteiger partial charge in [-0.05, 0) is 18.2 Å². The molecule has 0 unspecified atom stereocenters. The minimum absolute atomic E-state index is 0.240. The third-order valence-electron chi connectivity index (χ3n) is 1.59. The van der Waals surface area contributed by atoms with E-state index in [0.29, 0.717) is 5.69 Å². The fraction of sp³-hybridized carbons (Fsp3) is 0.100. The van der Waals surface area contributed by atoms with E-state index in [-0.39, 0.29) is 5.02 Å². The van der Waals surface area contributed by atoms with Gasteiger partial charge in [0.2, 0.25) is 0 Å². The van der Waals surface area contributed by atoms with E-state index in [1.54, 1.807) is 0 Å². The fourth-order valence-corrected chi connectivity index (χ4v) is 1.10. The SMILES string of the molecule is COC(=O)/C=C/Nc1ccc(F)cc1Cl. The van der Waals surface area contributed by atoms with E-state index in [0.717, 1.165) is 0 Å². The van der Waals surface area contributed by atoms with Crippen molar-refractivity contribution in [2.45, 2.75) is 0 Å². The molecule has 1 aromatic carbocycles. The molecule has 0 aliphatic carbocycles. The number of halogens is 2. The number of carbonyl (C=O) groups excluding carboxylic acids is 1. The summed E-state index contributed by atoms with van der Waals surface area (Å²) in [4.78, 5) is 10.7. The average molecular weight is 230 g/mol.